The Balaban J connectivity index is 1.16. The Hall–Kier alpha value is -8.66. The van der Waals surface area contributed by atoms with Crippen molar-refractivity contribution in [3.05, 3.63) is 242 Å². The van der Waals surface area contributed by atoms with Crippen LogP contribution in [0.3, 0.4) is 0 Å². The van der Waals surface area contributed by atoms with Gasteiger partial charge >= 0.3 is 0 Å². The largest absolute Gasteiger partial charge is 0.454 e. The molecular weight excluding hydrogens is 813 g/mol. The van der Waals surface area contributed by atoms with Crippen LogP contribution in [0.25, 0.3) is 104 Å². The average molecular weight is 857 g/mol. The number of fused-ring (bicyclic) bond motifs is 10. The van der Waals surface area contributed by atoms with Gasteiger partial charge in [-0.15, -0.1) is 0 Å². The fourth-order valence-corrected chi connectivity index (χ4v) is 10.4. The molecule has 67 heavy (non-hydrogen) atoms. The summed E-state index contributed by atoms with van der Waals surface area (Å²) < 4.78 is 9.43. The van der Waals surface area contributed by atoms with E-state index in [1.54, 1.807) is 0 Å². The van der Waals surface area contributed by atoms with Crippen molar-refractivity contribution in [2.75, 3.05) is 4.90 Å². The highest BCUT2D eigenvalue weighted by atomic mass is 16.3. The summed E-state index contributed by atoms with van der Waals surface area (Å²) in [6.07, 6.45) is 0. The van der Waals surface area contributed by atoms with E-state index in [0.717, 1.165) is 61.3 Å². The fourth-order valence-electron chi connectivity index (χ4n) is 10.4. The Morgan fingerprint density at radius 2 is 0.925 bits per heavy atom. The number of furan rings is 1. The molecule has 11 aromatic carbocycles. The van der Waals surface area contributed by atoms with Gasteiger partial charge in [0, 0.05) is 38.6 Å². The summed E-state index contributed by atoms with van der Waals surface area (Å²) in [6.45, 7) is 4.28. The van der Waals surface area contributed by atoms with Gasteiger partial charge in [0.15, 0.2) is 5.58 Å². The molecule has 0 aliphatic heterocycles. The Labute approximate surface area is 389 Å². The van der Waals surface area contributed by atoms with Gasteiger partial charge in [0.05, 0.1) is 16.7 Å². The summed E-state index contributed by atoms with van der Waals surface area (Å²) in [4.78, 5) is 2.36. The predicted molar refractivity (Wildman–Crippen MR) is 284 cm³/mol. The molecule has 0 atom stereocenters. The van der Waals surface area contributed by atoms with Gasteiger partial charge in [0.1, 0.15) is 5.58 Å². The van der Waals surface area contributed by atoms with Crippen molar-refractivity contribution < 1.29 is 4.42 Å². The number of benzene rings is 11. The van der Waals surface area contributed by atoms with Crippen LogP contribution in [0.5, 0.6) is 0 Å². The lowest BCUT2D eigenvalue weighted by atomic mass is 9.92. The van der Waals surface area contributed by atoms with Crippen LogP contribution >= 0.6 is 0 Å². The number of hydrogen-bond donors (Lipinski definition) is 0. The third-order valence-electron chi connectivity index (χ3n) is 13.6. The normalized spacial score (nSPS) is 11.7. The molecule has 0 spiro atoms. The van der Waals surface area contributed by atoms with Gasteiger partial charge in [-0.25, -0.2) is 0 Å². The molecule has 316 valence electrons. The number of aryl methyl sites for hydroxylation is 2. The zero-order valence-corrected chi connectivity index (χ0v) is 37.2. The predicted octanol–water partition coefficient (Wildman–Crippen LogP) is 18.1. The number of rotatable bonds is 7. The lowest BCUT2D eigenvalue weighted by Gasteiger charge is -2.26. The summed E-state index contributed by atoms with van der Waals surface area (Å²) >= 11 is 0. The summed E-state index contributed by atoms with van der Waals surface area (Å²) in [5, 5.41) is 9.53. The van der Waals surface area contributed by atoms with Gasteiger partial charge in [-0.3, -0.25) is 0 Å². The van der Waals surface area contributed by atoms with Crippen LogP contribution in [0.15, 0.2) is 235 Å². The highest BCUT2D eigenvalue weighted by molar-refractivity contribution is 6.30. The molecule has 0 N–H and O–H groups in total. The Bertz CT molecular complexity index is 3930. The molecule has 2 aromatic heterocycles. The molecule has 0 fully saturated rings. The minimum Gasteiger partial charge on any atom is -0.454 e. The lowest BCUT2D eigenvalue weighted by molar-refractivity contribution is 0.669. The molecule has 0 unspecified atom stereocenters. The van der Waals surface area contributed by atoms with Gasteiger partial charge in [-0.2, -0.15) is 0 Å². The molecule has 3 heteroatoms. The monoisotopic (exact) mass is 856 g/mol. The van der Waals surface area contributed by atoms with E-state index in [1.807, 2.05) is 0 Å². The van der Waals surface area contributed by atoms with E-state index in [9.17, 15) is 0 Å². The van der Waals surface area contributed by atoms with Crippen molar-refractivity contribution in [3.8, 4) is 39.1 Å². The quantitative estimate of drug-likeness (QED) is 0.159. The maximum atomic E-state index is 6.91. The zero-order valence-electron chi connectivity index (χ0n) is 37.2. The van der Waals surface area contributed by atoms with Crippen molar-refractivity contribution in [1.29, 1.82) is 0 Å². The van der Waals surface area contributed by atoms with Crippen LogP contribution in [-0.2, 0) is 0 Å². The second kappa shape index (κ2) is 15.5. The van der Waals surface area contributed by atoms with Crippen molar-refractivity contribution in [2.45, 2.75) is 13.8 Å². The number of hydrogen-bond acceptors (Lipinski definition) is 2. The molecule has 13 rings (SSSR count). The highest BCUT2D eigenvalue weighted by Gasteiger charge is 2.25. The summed E-state index contributed by atoms with van der Waals surface area (Å²) in [5.74, 6) is 0. The molecule has 13 aromatic rings. The number of nitrogens with zero attached hydrogens (tertiary/aromatic N) is 2. The van der Waals surface area contributed by atoms with Crippen LogP contribution < -0.4 is 4.90 Å². The first-order chi connectivity index (χ1) is 33.0. The van der Waals surface area contributed by atoms with Crippen molar-refractivity contribution in [3.63, 3.8) is 0 Å². The molecule has 0 aliphatic carbocycles. The molecular formula is C64H44N2O. The maximum absolute atomic E-state index is 6.91. The van der Waals surface area contributed by atoms with Crippen LogP contribution in [-0.4, -0.2) is 4.57 Å². The SMILES string of the molecule is Cc1ccc(N(c2ccc(C)cc2)c2cc(-c3cc4c(c5ccccc35)c3c5ccccc5ccc3n4-c3cc(-c4ccccc4)cc(-c4ccccc4)c3)cc3c2oc2ccccc23)cc1. The summed E-state index contributed by atoms with van der Waals surface area (Å²) in [5.41, 5.74) is 17.6. The average Bonchev–Trinajstić information content (AvgIpc) is 3.94. The van der Waals surface area contributed by atoms with E-state index >= 15 is 0 Å². The van der Waals surface area contributed by atoms with Gasteiger partial charge in [-0.05, 0) is 142 Å². The van der Waals surface area contributed by atoms with Crippen molar-refractivity contribution in [2.24, 2.45) is 0 Å². The maximum Gasteiger partial charge on any atom is 0.159 e. The third-order valence-corrected chi connectivity index (χ3v) is 13.6. The fraction of sp³-hybridized carbons (Fsp3) is 0.0312. The van der Waals surface area contributed by atoms with Gasteiger partial charge in [0.2, 0.25) is 0 Å². The van der Waals surface area contributed by atoms with Crippen LogP contribution in [0.2, 0.25) is 0 Å². The topological polar surface area (TPSA) is 21.3 Å². The molecule has 3 nitrogen and oxygen atoms in total. The van der Waals surface area contributed by atoms with Crippen LogP contribution in [0, 0.1) is 13.8 Å². The van der Waals surface area contributed by atoms with E-state index in [2.05, 4.69) is 254 Å². The third kappa shape index (κ3) is 6.42. The first-order valence-electron chi connectivity index (χ1n) is 23.1. The summed E-state index contributed by atoms with van der Waals surface area (Å²) in [7, 11) is 0. The zero-order chi connectivity index (χ0) is 44.6. The number of para-hydroxylation sites is 1. The van der Waals surface area contributed by atoms with Gasteiger partial charge < -0.3 is 13.9 Å². The van der Waals surface area contributed by atoms with Crippen LogP contribution in [0.4, 0.5) is 17.1 Å². The number of aromatic nitrogens is 1. The highest BCUT2D eigenvalue weighted by Crippen LogP contribution is 2.49. The molecule has 0 saturated heterocycles. The summed E-state index contributed by atoms with van der Waals surface area (Å²) in [6, 6.07) is 84.3. The van der Waals surface area contributed by atoms with Crippen molar-refractivity contribution in [1.82, 2.24) is 4.57 Å². The van der Waals surface area contributed by atoms with E-state index in [1.165, 1.54) is 71.2 Å². The molecule has 0 bridgehead atoms. The molecule has 0 radical (unpaired) electrons. The molecule has 0 aliphatic rings. The van der Waals surface area contributed by atoms with Gasteiger partial charge in [-0.1, -0.05) is 169 Å². The molecule has 0 amide bonds. The first kappa shape index (κ1) is 38.8. The van der Waals surface area contributed by atoms with Crippen molar-refractivity contribution >= 4 is 82.4 Å². The van der Waals surface area contributed by atoms with E-state index in [-0.39, 0.29) is 0 Å². The second-order valence-electron chi connectivity index (χ2n) is 17.9. The minimum absolute atomic E-state index is 0.850. The van der Waals surface area contributed by atoms with E-state index in [0.29, 0.717) is 0 Å². The van der Waals surface area contributed by atoms with Crippen LogP contribution in [0.1, 0.15) is 11.1 Å². The first-order valence-corrected chi connectivity index (χ1v) is 23.1. The standard InChI is InChI=1S/C64H44N2O/c1-41-25-30-49(31-26-41)65(50-32-27-42(2)28-33-50)60-39-48(38-57-54-22-13-14-24-61(54)67-64(57)60)56-40-59-63(55-23-12-11-21-53(55)56)62-52-20-10-9-19-45(52)29-34-58(62)66(59)51-36-46(43-15-5-3-6-16-43)35-47(37-51)44-17-7-4-8-18-44/h3-40H,1-2H3. The Kier molecular flexibility index (Phi) is 8.97. The molecule has 0 saturated carbocycles. The van der Waals surface area contributed by atoms with E-state index in [4.69, 9.17) is 4.42 Å². The van der Waals surface area contributed by atoms with E-state index < -0.39 is 0 Å². The number of anilines is 3. The Morgan fingerprint density at radius 3 is 1.58 bits per heavy atom. The smallest absolute Gasteiger partial charge is 0.159 e. The minimum atomic E-state index is 0.850. The van der Waals surface area contributed by atoms with Gasteiger partial charge in [0.25, 0.3) is 0 Å². The lowest BCUT2D eigenvalue weighted by Crippen LogP contribution is -2.10. The Morgan fingerprint density at radius 1 is 0.373 bits per heavy atom. The molecule has 2 heterocycles. The second-order valence-corrected chi connectivity index (χ2v) is 17.9.